The predicted molar refractivity (Wildman–Crippen MR) is 55.3 cm³/mol. The van der Waals surface area contributed by atoms with Gasteiger partial charge in [0, 0.05) is 31.4 Å². The zero-order valence-corrected chi connectivity index (χ0v) is 8.65. The van der Waals surface area contributed by atoms with Crippen LogP contribution in [0, 0.1) is 5.41 Å². The first-order chi connectivity index (χ1) is 7.41. The fourth-order valence-electron chi connectivity index (χ4n) is 2.63. The molecule has 2 fully saturated rings. The maximum Gasteiger partial charge on any atom is 0.115 e. The van der Waals surface area contributed by atoms with Crippen LogP contribution in [0.3, 0.4) is 0 Å². The molecule has 0 saturated carbocycles. The van der Waals surface area contributed by atoms with E-state index in [1.54, 1.807) is 6.33 Å². The van der Waals surface area contributed by atoms with Gasteiger partial charge in [-0.1, -0.05) is 0 Å². The van der Waals surface area contributed by atoms with Gasteiger partial charge in [-0.25, -0.2) is 9.97 Å². The standard InChI is InChI=1S/C11H15N3O/c1-4-12-8-14-9(1)10-11(7-13-10)2-5-15-6-3-11/h1,4,8,10,13H,2-3,5-7H2. The second kappa shape index (κ2) is 3.54. The average molecular weight is 205 g/mol. The molecule has 15 heavy (non-hydrogen) atoms. The van der Waals surface area contributed by atoms with Crippen molar-refractivity contribution in [3.63, 3.8) is 0 Å². The fourth-order valence-corrected chi connectivity index (χ4v) is 2.63. The largest absolute Gasteiger partial charge is 0.381 e. The van der Waals surface area contributed by atoms with Crippen LogP contribution in [0.25, 0.3) is 0 Å². The summed E-state index contributed by atoms with van der Waals surface area (Å²) in [5.41, 5.74) is 1.52. The Morgan fingerprint density at radius 2 is 2.27 bits per heavy atom. The molecule has 4 nitrogen and oxygen atoms in total. The van der Waals surface area contributed by atoms with Crippen molar-refractivity contribution in [3.05, 3.63) is 24.3 Å². The van der Waals surface area contributed by atoms with Crippen LogP contribution in [0.1, 0.15) is 24.6 Å². The number of nitrogens with one attached hydrogen (secondary N) is 1. The lowest BCUT2D eigenvalue weighted by Crippen LogP contribution is -2.58. The minimum atomic E-state index is 0.395. The van der Waals surface area contributed by atoms with E-state index >= 15 is 0 Å². The molecule has 80 valence electrons. The lowest BCUT2D eigenvalue weighted by molar-refractivity contribution is -0.0491. The van der Waals surface area contributed by atoms with E-state index in [1.807, 2.05) is 12.3 Å². The highest BCUT2D eigenvalue weighted by atomic mass is 16.5. The summed E-state index contributed by atoms with van der Waals surface area (Å²) < 4.78 is 5.42. The third kappa shape index (κ3) is 1.44. The quantitative estimate of drug-likeness (QED) is 0.740. The van der Waals surface area contributed by atoms with Gasteiger partial charge in [-0.15, -0.1) is 0 Å². The molecular formula is C11H15N3O. The molecule has 1 atom stereocenters. The molecule has 1 aromatic rings. The normalized spacial score (nSPS) is 28.7. The van der Waals surface area contributed by atoms with Gasteiger partial charge in [0.15, 0.2) is 0 Å². The number of rotatable bonds is 1. The van der Waals surface area contributed by atoms with Gasteiger partial charge in [-0.05, 0) is 18.9 Å². The van der Waals surface area contributed by atoms with E-state index in [0.29, 0.717) is 11.5 Å². The lowest BCUT2D eigenvalue weighted by atomic mass is 9.67. The summed E-state index contributed by atoms with van der Waals surface area (Å²) in [5, 5.41) is 3.48. The zero-order chi connectivity index (χ0) is 10.1. The molecule has 0 bridgehead atoms. The molecule has 0 aliphatic carbocycles. The minimum Gasteiger partial charge on any atom is -0.381 e. The van der Waals surface area contributed by atoms with E-state index in [1.165, 1.54) is 0 Å². The van der Waals surface area contributed by atoms with Crippen molar-refractivity contribution in [2.45, 2.75) is 18.9 Å². The Kier molecular flexibility index (Phi) is 2.18. The van der Waals surface area contributed by atoms with Crippen LogP contribution in [0.2, 0.25) is 0 Å². The Morgan fingerprint density at radius 1 is 1.40 bits per heavy atom. The third-order valence-electron chi connectivity index (χ3n) is 3.66. The van der Waals surface area contributed by atoms with Crippen LogP contribution in [0.4, 0.5) is 0 Å². The van der Waals surface area contributed by atoms with Crippen molar-refractivity contribution in [2.75, 3.05) is 19.8 Å². The average Bonchev–Trinajstić information content (AvgIpc) is 2.30. The van der Waals surface area contributed by atoms with E-state index in [9.17, 15) is 0 Å². The Morgan fingerprint density at radius 3 is 2.87 bits per heavy atom. The van der Waals surface area contributed by atoms with E-state index < -0.39 is 0 Å². The second-order valence-corrected chi connectivity index (χ2v) is 4.42. The highest BCUT2D eigenvalue weighted by Crippen LogP contribution is 2.47. The molecule has 0 aromatic carbocycles. The molecule has 2 aliphatic rings. The molecule has 1 spiro atoms. The third-order valence-corrected chi connectivity index (χ3v) is 3.66. The van der Waals surface area contributed by atoms with Crippen LogP contribution < -0.4 is 5.32 Å². The van der Waals surface area contributed by atoms with E-state index in [2.05, 4.69) is 15.3 Å². The molecule has 0 amide bonds. The van der Waals surface area contributed by atoms with E-state index in [4.69, 9.17) is 4.74 Å². The molecule has 1 unspecified atom stereocenters. The smallest absolute Gasteiger partial charge is 0.115 e. The summed E-state index contributed by atoms with van der Waals surface area (Å²) in [6.45, 7) is 2.89. The van der Waals surface area contributed by atoms with Gasteiger partial charge in [0.2, 0.25) is 0 Å². The maximum absolute atomic E-state index is 5.42. The minimum absolute atomic E-state index is 0.395. The molecular weight excluding hydrogens is 190 g/mol. The summed E-state index contributed by atoms with van der Waals surface area (Å²) in [5.74, 6) is 0. The van der Waals surface area contributed by atoms with E-state index in [-0.39, 0.29) is 0 Å². The Hall–Kier alpha value is -1.00. The summed E-state index contributed by atoms with van der Waals surface area (Å²) in [6.07, 6.45) is 5.74. The first-order valence-corrected chi connectivity index (χ1v) is 5.48. The SMILES string of the molecule is c1cc(C2NCC23CCOCC3)ncn1. The summed E-state index contributed by atoms with van der Waals surface area (Å²) in [6, 6.07) is 2.41. The number of nitrogens with zero attached hydrogens (tertiary/aromatic N) is 2. The van der Waals surface area contributed by atoms with E-state index in [0.717, 1.165) is 38.3 Å². The topological polar surface area (TPSA) is 47.0 Å². The van der Waals surface area contributed by atoms with Gasteiger partial charge < -0.3 is 10.1 Å². The van der Waals surface area contributed by atoms with Crippen LogP contribution in [-0.4, -0.2) is 29.7 Å². The van der Waals surface area contributed by atoms with Crippen molar-refractivity contribution in [1.82, 2.24) is 15.3 Å². The highest BCUT2D eigenvalue weighted by Gasteiger charge is 2.48. The molecule has 3 rings (SSSR count). The van der Waals surface area contributed by atoms with Crippen LogP contribution in [-0.2, 0) is 4.74 Å². The first-order valence-electron chi connectivity index (χ1n) is 5.48. The van der Waals surface area contributed by atoms with Crippen molar-refractivity contribution >= 4 is 0 Å². The van der Waals surface area contributed by atoms with Gasteiger partial charge in [-0.2, -0.15) is 0 Å². The monoisotopic (exact) mass is 205 g/mol. The second-order valence-electron chi connectivity index (χ2n) is 4.42. The molecule has 2 saturated heterocycles. The van der Waals surface area contributed by atoms with Crippen molar-refractivity contribution in [1.29, 1.82) is 0 Å². The van der Waals surface area contributed by atoms with Gasteiger partial charge in [-0.3, -0.25) is 0 Å². The first kappa shape index (κ1) is 9.24. The summed E-state index contributed by atoms with van der Waals surface area (Å²) >= 11 is 0. The van der Waals surface area contributed by atoms with Gasteiger partial charge in [0.1, 0.15) is 6.33 Å². The Balaban J connectivity index is 1.83. The fraction of sp³-hybridized carbons (Fsp3) is 0.636. The van der Waals surface area contributed by atoms with Crippen molar-refractivity contribution in [3.8, 4) is 0 Å². The van der Waals surface area contributed by atoms with Gasteiger partial charge in [0.25, 0.3) is 0 Å². The van der Waals surface area contributed by atoms with Crippen LogP contribution in [0.15, 0.2) is 18.6 Å². The molecule has 1 N–H and O–H groups in total. The zero-order valence-electron chi connectivity index (χ0n) is 8.65. The van der Waals surface area contributed by atoms with Crippen molar-refractivity contribution in [2.24, 2.45) is 5.41 Å². The molecule has 2 aliphatic heterocycles. The van der Waals surface area contributed by atoms with Crippen LogP contribution >= 0.6 is 0 Å². The number of hydrogen-bond donors (Lipinski definition) is 1. The Labute approximate surface area is 89.1 Å². The molecule has 4 heteroatoms. The summed E-state index contributed by atoms with van der Waals surface area (Å²) in [7, 11) is 0. The molecule has 0 radical (unpaired) electrons. The van der Waals surface area contributed by atoms with Crippen molar-refractivity contribution < 1.29 is 4.74 Å². The summed E-state index contributed by atoms with van der Waals surface area (Å²) in [4.78, 5) is 8.29. The number of aromatic nitrogens is 2. The number of hydrogen-bond acceptors (Lipinski definition) is 4. The van der Waals surface area contributed by atoms with Gasteiger partial charge in [0.05, 0.1) is 11.7 Å². The number of ether oxygens (including phenoxy) is 1. The lowest BCUT2D eigenvalue weighted by Gasteiger charge is -2.52. The van der Waals surface area contributed by atoms with Gasteiger partial charge >= 0.3 is 0 Å². The van der Waals surface area contributed by atoms with Crippen LogP contribution in [0.5, 0.6) is 0 Å². The molecule has 1 aromatic heterocycles. The highest BCUT2D eigenvalue weighted by molar-refractivity contribution is 5.16. The maximum atomic E-state index is 5.42. The predicted octanol–water partition coefficient (Wildman–Crippen LogP) is 0.918. The Bertz CT molecular complexity index is 335. The molecule has 3 heterocycles.